The third-order valence-electron chi connectivity index (χ3n) is 5.06. The van der Waals surface area contributed by atoms with Gasteiger partial charge in [-0.3, -0.25) is 4.79 Å². The molecule has 7 nitrogen and oxygen atoms in total. The van der Waals surface area contributed by atoms with Crippen LogP contribution in [0.15, 0.2) is 17.1 Å². The molecule has 1 atom stereocenters. The molecule has 1 saturated heterocycles. The summed E-state index contributed by atoms with van der Waals surface area (Å²) >= 11 is 0. The summed E-state index contributed by atoms with van der Waals surface area (Å²) < 4.78 is 21.7. The summed E-state index contributed by atoms with van der Waals surface area (Å²) in [6, 6.07) is 1.35. The molecular weight excluding hydrogens is 351 g/mol. The van der Waals surface area contributed by atoms with Crippen molar-refractivity contribution in [2.75, 3.05) is 24.6 Å². The van der Waals surface area contributed by atoms with Crippen molar-refractivity contribution in [1.82, 2.24) is 9.55 Å². The Morgan fingerprint density at radius 2 is 2.19 bits per heavy atom. The summed E-state index contributed by atoms with van der Waals surface area (Å²) in [6.45, 7) is 3.28. The number of rotatable bonds is 5. The third kappa shape index (κ3) is 3.29. The molecule has 0 aromatic carbocycles. The molecule has 1 saturated carbocycles. The molecule has 2 aromatic rings. The maximum absolute atomic E-state index is 14.8. The number of fused-ring (bicyclic) bond motifs is 1. The number of pyridine rings is 2. The van der Waals surface area contributed by atoms with Crippen LogP contribution in [0, 0.1) is 5.82 Å². The summed E-state index contributed by atoms with van der Waals surface area (Å²) in [5.74, 6) is -1.03. The molecule has 3 heterocycles. The van der Waals surface area contributed by atoms with Crippen molar-refractivity contribution in [2.45, 2.75) is 44.7 Å². The predicted octanol–water partition coefficient (Wildman–Crippen LogP) is 1.97. The molecule has 8 heteroatoms. The van der Waals surface area contributed by atoms with Crippen LogP contribution in [0.4, 0.5) is 10.2 Å². The van der Waals surface area contributed by atoms with E-state index in [1.165, 1.54) is 12.3 Å². The second-order valence-electron chi connectivity index (χ2n) is 7.31. The van der Waals surface area contributed by atoms with Crippen LogP contribution in [0.1, 0.15) is 49.0 Å². The van der Waals surface area contributed by atoms with E-state index < -0.39 is 17.2 Å². The highest BCUT2D eigenvalue weighted by Crippen LogP contribution is 2.37. The Balaban J connectivity index is 1.85. The topological polar surface area (TPSA) is 90.5 Å². The first-order valence-electron chi connectivity index (χ1n) is 9.42. The molecule has 144 valence electrons. The van der Waals surface area contributed by atoms with Gasteiger partial charge in [0.1, 0.15) is 11.2 Å². The maximum Gasteiger partial charge on any atom is 0.343 e. The summed E-state index contributed by atoms with van der Waals surface area (Å²) in [5.41, 5.74) is 5.73. The smallest absolute Gasteiger partial charge is 0.343 e. The van der Waals surface area contributed by atoms with Gasteiger partial charge in [0.25, 0.3) is 0 Å². The van der Waals surface area contributed by atoms with E-state index in [2.05, 4.69) is 4.98 Å². The van der Waals surface area contributed by atoms with Crippen LogP contribution in [0.2, 0.25) is 0 Å². The SMILES string of the molecule is CCCOC(=O)c1cn(C2CC2)c2nc(N3CCC(N)C3)c(F)cc2c1=O. The van der Waals surface area contributed by atoms with Gasteiger partial charge in [0.15, 0.2) is 11.6 Å². The molecule has 27 heavy (non-hydrogen) atoms. The Morgan fingerprint density at radius 3 is 2.81 bits per heavy atom. The van der Waals surface area contributed by atoms with Crippen molar-refractivity contribution >= 4 is 22.8 Å². The summed E-state index contributed by atoms with van der Waals surface area (Å²) in [5, 5.41) is 0.109. The standard InChI is InChI=1S/C19H23FN4O3/c1-2-7-27-19(26)14-10-24(12-3-4-12)17-13(16(14)25)8-15(20)18(22-17)23-6-5-11(21)9-23/h8,10-12H,2-7,9,21H2,1H3. The van der Waals surface area contributed by atoms with E-state index >= 15 is 0 Å². The second kappa shape index (κ2) is 6.92. The van der Waals surface area contributed by atoms with E-state index in [-0.39, 0.29) is 35.5 Å². The average molecular weight is 374 g/mol. The van der Waals surface area contributed by atoms with E-state index in [4.69, 9.17) is 10.5 Å². The summed E-state index contributed by atoms with van der Waals surface area (Å²) in [6.07, 6.45) is 4.82. The minimum Gasteiger partial charge on any atom is -0.462 e. The van der Waals surface area contributed by atoms with Crippen molar-refractivity contribution in [3.05, 3.63) is 33.9 Å². The number of anilines is 1. The quantitative estimate of drug-likeness (QED) is 0.805. The number of carbonyl (C=O) groups excluding carboxylic acids is 1. The van der Waals surface area contributed by atoms with Gasteiger partial charge in [-0.25, -0.2) is 14.2 Å². The van der Waals surface area contributed by atoms with Gasteiger partial charge in [-0.1, -0.05) is 6.92 Å². The lowest BCUT2D eigenvalue weighted by Gasteiger charge is -2.19. The van der Waals surface area contributed by atoms with Crippen LogP contribution in [0.5, 0.6) is 0 Å². The zero-order valence-corrected chi connectivity index (χ0v) is 15.3. The molecule has 2 N–H and O–H groups in total. The molecule has 2 aliphatic rings. The highest BCUT2D eigenvalue weighted by Gasteiger charge is 2.30. The summed E-state index contributed by atoms with van der Waals surface area (Å²) in [7, 11) is 0. The predicted molar refractivity (Wildman–Crippen MR) is 99.6 cm³/mol. The number of nitrogens with zero attached hydrogens (tertiary/aromatic N) is 3. The van der Waals surface area contributed by atoms with Crippen LogP contribution >= 0.6 is 0 Å². The van der Waals surface area contributed by atoms with Crippen LogP contribution < -0.4 is 16.1 Å². The van der Waals surface area contributed by atoms with Crippen molar-refractivity contribution in [2.24, 2.45) is 5.73 Å². The zero-order chi connectivity index (χ0) is 19.1. The lowest BCUT2D eigenvalue weighted by molar-refractivity contribution is 0.0503. The number of aromatic nitrogens is 2. The van der Waals surface area contributed by atoms with E-state index in [1.54, 1.807) is 0 Å². The van der Waals surface area contributed by atoms with Gasteiger partial charge in [0.2, 0.25) is 5.43 Å². The van der Waals surface area contributed by atoms with Crippen LogP contribution in [-0.4, -0.2) is 41.3 Å². The monoisotopic (exact) mass is 374 g/mol. The van der Waals surface area contributed by atoms with E-state index in [1.807, 2.05) is 16.4 Å². The molecule has 1 unspecified atom stereocenters. The highest BCUT2D eigenvalue weighted by molar-refractivity contribution is 5.93. The molecule has 2 fully saturated rings. The van der Waals surface area contributed by atoms with Gasteiger partial charge < -0.3 is 19.9 Å². The molecular formula is C19H23FN4O3. The third-order valence-corrected chi connectivity index (χ3v) is 5.06. The summed E-state index contributed by atoms with van der Waals surface area (Å²) in [4.78, 5) is 31.4. The Bertz CT molecular complexity index is 954. The molecule has 0 radical (unpaired) electrons. The lowest BCUT2D eigenvalue weighted by Crippen LogP contribution is -2.28. The zero-order valence-electron chi connectivity index (χ0n) is 15.3. The Hall–Kier alpha value is -2.48. The fourth-order valence-corrected chi connectivity index (χ4v) is 3.49. The number of ether oxygens (including phenoxy) is 1. The van der Waals surface area contributed by atoms with Gasteiger partial charge in [0, 0.05) is 31.4 Å². The van der Waals surface area contributed by atoms with Gasteiger partial charge in [-0.15, -0.1) is 0 Å². The Kier molecular flexibility index (Phi) is 4.59. The Morgan fingerprint density at radius 1 is 1.41 bits per heavy atom. The van der Waals surface area contributed by atoms with Gasteiger partial charge in [-0.05, 0) is 31.7 Å². The van der Waals surface area contributed by atoms with Crippen molar-refractivity contribution in [1.29, 1.82) is 0 Å². The van der Waals surface area contributed by atoms with Crippen molar-refractivity contribution in [3.63, 3.8) is 0 Å². The van der Waals surface area contributed by atoms with Crippen LogP contribution in [0.25, 0.3) is 11.0 Å². The number of hydrogen-bond acceptors (Lipinski definition) is 6. The fourth-order valence-electron chi connectivity index (χ4n) is 3.49. The first kappa shape index (κ1) is 17.9. The van der Waals surface area contributed by atoms with Crippen molar-refractivity contribution in [3.8, 4) is 0 Å². The molecule has 2 aromatic heterocycles. The van der Waals surface area contributed by atoms with Gasteiger partial charge >= 0.3 is 5.97 Å². The number of carbonyl (C=O) groups is 1. The first-order valence-corrected chi connectivity index (χ1v) is 9.42. The number of halogens is 1. The van der Waals surface area contributed by atoms with E-state index in [0.29, 0.717) is 25.2 Å². The van der Waals surface area contributed by atoms with Crippen LogP contribution in [-0.2, 0) is 4.74 Å². The number of hydrogen-bond donors (Lipinski definition) is 1. The second-order valence-corrected chi connectivity index (χ2v) is 7.31. The fraction of sp³-hybridized carbons (Fsp3) is 0.526. The normalized spacial score (nSPS) is 19.7. The number of esters is 1. The molecule has 1 aliphatic heterocycles. The van der Waals surface area contributed by atoms with Gasteiger partial charge in [-0.2, -0.15) is 0 Å². The van der Waals surface area contributed by atoms with E-state index in [0.717, 1.165) is 19.3 Å². The molecule has 0 amide bonds. The molecule has 1 aliphatic carbocycles. The molecule has 0 bridgehead atoms. The highest BCUT2D eigenvalue weighted by atomic mass is 19.1. The minimum atomic E-state index is -0.673. The maximum atomic E-state index is 14.8. The van der Waals surface area contributed by atoms with E-state index in [9.17, 15) is 14.0 Å². The average Bonchev–Trinajstić information content (AvgIpc) is 3.40. The minimum absolute atomic E-state index is 0.0109. The van der Waals surface area contributed by atoms with Crippen LogP contribution in [0.3, 0.4) is 0 Å². The largest absolute Gasteiger partial charge is 0.462 e. The molecule has 0 spiro atoms. The first-order chi connectivity index (χ1) is 13.0. The van der Waals surface area contributed by atoms with Gasteiger partial charge in [0.05, 0.1) is 12.0 Å². The Labute approximate surface area is 155 Å². The van der Waals surface area contributed by atoms with Crippen molar-refractivity contribution < 1.29 is 13.9 Å². The lowest BCUT2D eigenvalue weighted by atomic mass is 10.2. The molecule has 4 rings (SSSR count). The number of nitrogens with two attached hydrogens (primary N) is 1.